The zero-order valence-corrected chi connectivity index (χ0v) is 11.1. The van der Waals surface area contributed by atoms with Crippen LogP contribution < -0.4 is 4.72 Å². The minimum Gasteiger partial charge on any atom is -0.391 e. The van der Waals surface area contributed by atoms with Gasteiger partial charge in [0.25, 0.3) is 10.0 Å². The van der Waals surface area contributed by atoms with Crippen molar-refractivity contribution in [1.82, 2.24) is 0 Å². The quantitative estimate of drug-likeness (QED) is 0.911. The average Bonchev–Trinajstić information content (AvgIpc) is 2.82. The van der Waals surface area contributed by atoms with Crippen molar-refractivity contribution >= 4 is 27.0 Å². The van der Waals surface area contributed by atoms with Gasteiger partial charge in [0.05, 0.1) is 12.3 Å². The highest BCUT2D eigenvalue weighted by molar-refractivity contribution is 7.94. The first kappa shape index (κ1) is 13.9. The lowest BCUT2D eigenvalue weighted by Crippen LogP contribution is -2.12. The molecule has 2 rings (SSSR count). The Bertz CT molecular complexity index is 698. The van der Waals surface area contributed by atoms with Crippen molar-refractivity contribution in [3.05, 3.63) is 46.8 Å². The molecule has 0 aliphatic rings. The summed E-state index contributed by atoms with van der Waals surface area (Å²) < 4.78 is 51.9. The van der Waals surface area contributed by atoms with Crippen LogP contribution in [0, 0.1) is 11.6 Å². The molecular formula is C11H9F2NO3S2. The minimum absolute atomic E-state index is 0.0553. The number of halogens is 2. The van der Waals surface area contributed by atoms with Gasteiger partial charge in [0.2, 0.25) is 0 Å². The summed E-state index contributed by atoms with van der Waals surface area (Å²) >= 11 is 0.871. The first-order valence-corrected chi connectivity index (χ1v) is 7.40. The highest BCUT2D eigenvalue weighted by atomic mass is 32.2. The number of hydrogen-bond donors (Lipinski definition) is 2. The summed E-state index contributed by atoms with van der Waals surface area (Å²) in [6, 6.07) is 5.31. The van der Waals surface area contributed by atoms with E-state index in [9.17, 15) is 17.2 Å². The van der Waals surface area contributed by atoms with E-state index < -0.39 is 21.7 Å². The Morgan fingerprint density at radius 3 is 2.53 bits per heavy atom. The van der Waals surface area contributed by atoms with E-state index in [2.05, 4.69) is 0 Å². The number of aliphatic hydroxyl groups is 1. The van der Waals surface area contributed by atoms with Gasteiger partial charge in [-0.2, -0.15) is 0 Å². The van der Waals surface area contributed by atoms with E-state index in [-0.39, 0.29) is 16.5 Å². The molecule has 0 radical (unpaired) electrons. The molecule has 0 amide bonds. The maximum absolute atomic E-state index is 13.4. The molecule has 0 saturated heterocycles. The predicted octanol–water partition coefficient (Wildman–Crippen LogP) is 2.32. The summed E-state index contributed by atoms with van der Waals surface area (Å²) in [5.74, 6) is -1.79. The van der Waals surface area contributed by atoms with E-state index in [1.165, 1.54) is 12.1 Å². The largest absolute Gasteiger partial charge is 0.391 e. The van der Waals surface area contributed by atoms with Crippen molar-refractivity contribution < 1.29 is 22.3 Å². The van der Waals surface area contributed by atoms with E-state index in [1.807, 2.05) is 4.72 Å². The van der Waals surface area contributed by atoms with E-state index in [0.29, 0.717) is 10.9 Å². The first-order chi connectivity index (χ1) is 8.92. The summed E-state index contributed by atoms with van der Waals surface area (Å²) in [6.07, 6.45) is 0. The molecule has 1 aromatic carbocycles. The zero-order chi connectivity index (χ0) is 14.0. The second kappa shape index (κ2) is 5.24. The van der Waals surface area contributed by atoms with Crippen LogP contribution in [0.15, 0.2) is 34.5 Å². The molecule has 0 atom stereocenters. The third-order valence-corrected chi connectivity index (χ3v) is 5.16. The second-order valence-corrected chi connectivity index (χ2v) is 6.69. The minimum atomic E-state index is -3.94. The van der Waals surface area contributed by atoms with Gasteiger partial charge >= 0.3 is 0 Å². The summed E-state index contributed by atoms with van der Waals surface area (Å²) in [6.45, 7) is -0.273. The standard InChI is InChI=1S/C11H9F2NO3S2/c12-7-1-3-10(9(13)5-7)14-19(16,17)11-4-2-8(6-15)18-11/h1-5,14-15H,6H2. The molecule has 1 aromatic heterocycles. The monoisotopic (exact) mass is 305 g/mol. The van der Waals surface area contributed by atoms with Crippen LogP contribution in [0.2, 0.25) is 0 Å². The molecule has 4 nitrogen and oxygen atoms in total. The summed E-state index contributed by atoms with van der Waals surface area (Å²) in [5.41, 5.74) is -0.333. The summed E-state index contributed by atoms with van der Waals surface area (Å²) in [5, 5.41) is 8.87. The number of rotatable bonds is 4. The molecule has 0 unspecified atom stereocenters. The maximum atomic E-state index is 13.4. The fraction of sp³-hybridized carbons (Fsp3) is 0.0909. The Balaban J connectivity index is 2.30. The van der Waals surface area contributed by atoms with Gasteiger partial charge in [0.15, 0.2) is 0 Å². The number of thiophene rings is 1. The van der Waals surface area contributed by atoms with Crippen LogP contribution in [0.1, 0.15) is 4.88 Å². The van der Waals surface area contributed by atoms with E-state index in [0.717, 1.165) is 23.5 Å². The first-order valence-electron chi connectivity index (χ1n) is 5.10. The third-order valence-electron chi connectivity index (χ3n) is 2.23. The summed E-state index contributed by atoms with van der Waals surface area (Å²) in [4.78, 5) is 0.472. The van der Waals surface area contributed by atoms with Crippen LogP contribution in [0.3, 0.4) is 0 Å². The van der Waals surface area contributed by atoms with E-state index in [4.69, 9.17) is 5.11 Å². The molecule has 0 aliphatic heterocycles. The number of benzene rings is 1. The molecule has 8 heteroatoms. The lowest BCUT2D eigenvalue weighted by molar-refractivity contribution is 0.285. The van der Waals surface area contributed by atoms with Gasteiger partial charge in [-0.05, 0) is 24.3 Å². The molecule has 0 aliphatic carbocycles. The Kier molecular flexibility index (Phi) is 3.83. The zero-order valence-electron chi connectivity index (χ0n) is 9.43. The van der Waals surface area contributed by atoms with Gasteiger partial charge in [0, 0.05) is 10.9 Å². The number of hydrogen-bond acceptors (Lipinski definition) is 4. The Labute approximate surface area is 112 Å². The van der Waals surface area contributed by atoms with Crippen LogP contribution in [-0.4, -0.2) is 13.5 Å². The SMILES string of the molecule is O=S(=O)(Nc1ccc(F)cc1F)c1ccc(CO)s1. The van der Waals surface area contributed by atoms with Crippen molar-refractivity contribution in [3.63, 3.8) is 0 Å². The van der Waals surface area contributed by atoms with Crippen molar-refractivity contribution in [2.45, 2.75) is 10.8 Å². The highest BCUT2D eigenvalue weighted by Gasteiger charge is 2.18. The molecule has 19 heavy (non-hydrogen) atoms. The third kappa shape index (κ3) is 3.09. The molecule has 102 valence electrons. The fourth-order valence-electron chi connectivity index (χ4n) is 1.35. The van der Waals surface area contributed by atoms with Gasteiger partial charge in [-0.25, -0.2) is 17.2 Å². The molecule has 0 spiro atoms. The number of aliphatic hydroxyl groups excluding tert-OH is 1. The molecule has 2 N–H and O–H groups in total. The molecule has 0 bridgehead atoms. The van der Waals surface area contributed by atoms with E-state index >= 15 is 0 Å². The van der Waals surface area contributed by atoms with Gasteiger partial charge in [-0.3, -0.25) is 4.72 Å². The van der Waals surface area contributed by atoms with Crippen LogP contribution in [0.4, 0.5) is 14.5 Å². The van der Waals surface area contributed by atoms with Gasteiger partial charge in [-0.1, -0.05) is 0 Å². The molecule has 0 saturated carbocycles. The molecular weight excluding hydrogens is 296 g/mol. The second-order valence-electron chi connectivity index (χ2n) is 3.61. The predicted molar refractivity (Wildman–Crippen MR) is 67.4 cm³/mol. The molecule has 2 aromatic rings. The topological polar surface area (TPSA) is 66.4 Å². The number of anilines is 1. The fourth-order valence-corrected chi connectivity index (χ4v) is 3.64. The van der Waals surface area contributed by atoms with Crippen LogP contribution in [0.5, 0.6) is 0 Å². The number of sulfonamides is 1. The van der Waals surface area contributed by atoms with Gasteiger partial charge in [0.1, 0.15) is 15.8 Å². The molecule has 0 fully saturated rings. The summed E-state index contributed by atoms with van der Waals surface area (Å²) in [7, 11) is -3.94. The lowest BCUT2D eigenvalue weighted by Gasteiger charge is -2.07. The van der Waals surface area contributed by atoms with Crippen molar-refractivity contribution in [2.75, 3.05) is 4.72 Å². The van der Waals surface area contributed by atoms with Crippen LogP contribution in [-0.2, 0) is 16.6 Å². The Hall–Kier alpha value is -1.51. The lowest BCUT2D eigenvalue weighted by atomic mass is 10.3. The molecule has 1 heterocycles. The van der Waals surface area contributed by atoms with E-state index in [1.54, 1.807) is 0 Å². The van der Waals surface area contributed by atoms with Crippen LogP contribution >= 0.6 is 11.3 Å². The smallest absolute Gasteiger partial charge is 0.271 e. The Morgan fingerprint density at radius 2 is 1.95 bits per heavy atom. The Morgan fingerprint density at radius 1 is 1.21 bits per heavy atom. The van der Waals surface area contributed by atoms with Crippen molar-refractivity contribution in [2.24, 2.45) is 0 Å². The van der Waals surface area contributed by atoms with Crippen molar-refractivity contribution in [3.8, 4) is 0 Å². The van der Waals surface area contributed by atoms with Crippen LogP contribution in [0.25, 0.3) is 0 Å². The number of nitrogens with one attached hydrogen (secondary N) is 1. The normalized spacial score (nSPS) is 11.5. The van der Waals surface area contributed by atoms with Gasteiger partial charge < -0.3 is 5.11 Å². The van der Waals surface area contributed by atoms with Gasteiger partial charge in [-0.15, -0.1) is 11.3 Å². The van der Waals surface area contributed by atoms with Crippen molar-refractivity contribution in [1.29, 1.82) is 0 Å². The highest BCUT2D eigenvalue weighted by Crippen LogP contribution is 2.25. The maximum Gasteiger partial charge on any atom is 0.271 e. The average molecular weight is 305 g/mol.